The average Bonchev–Trinajstić information content (AvgIpc) is 2.76. The van der Waals surface area contributed by atoms with Crippen molar-refractivity contribution in [3.8, 4) is 0 Å². The maximum Gasteiger partial charge on any atom is 0.372 e. The fourth-order valence-electron chi connectivity index (χ4n) is 1.98. The van der Waals surface area contributed by atoms with Gasteiger partial charge in [0, 0.05) is 5.56 Å². The van der Waals surface area contributed by atoms with Gasteiger partial charge in [0.1, 0.15) is 11.6 Å². The van der Waals surface area contributed by atoms with Crippen molar-refractivity contribution in [1.82, 2.24) is 5.32 Å². The zero-order valence-corrected chi connectivity index (χ0v) is 11.1. The number of nitrogens with one attached hydrogen (secondary N) is 1. The fourth-order valence-corrected chi connectivity index (χ4v) is 1.98. The molecule has 1 aromatic carbocycles. The van der Waals surface area contributed by atoms with Crippen LogP contribution in [0.1, 0.15) is 27.4 Å². The first-order valence-corrected chi connectivity index (χ1v) is 6.34. The van der Waals surface area contributed by atoms with E-state index in [0.29, 0.717) is 30.8 Å². The number of rotatable bonds is 6. The van der Waals surface area contributed by atoms with Gasteiger partial charge in [-0.15, -0.1) is 0 Å². The van der Waals surface area contributed by atoms with E-state index in [-0.39, 0.29) is 11.6 Å². The standard InChI is InChI=1S/C15H16FNO3/c1-10-7-13(20-14(10)15(18)19)9-17-6-5-11-3-2-4-12(16)8-11/h2-4,7-8,17H,5-6,9H2,1H3,(H,18,19). The summed E-state index contributed by atoms with van der Waals surface area (Å²) in [5.74, 6) is -0.741. The molecule has 1 aromatic heterocycles. The highest BCUT2D eigenvalue weighted by Gasteiger charge is 2.13. The number of hydrogen-bond acceptors (Lipinski definition) is 3. The van der Waals surface area contributed by atoms with Gasteiger partial charge >= 0.3 is 5.97 Å². The molecule has 0 aliphatic rings. The van der Waals surface area contributed by atoms with E-state index in [1.165, 1.54) is 12.1 Å². The lowest BCUT2D eigenvalue weighted by molar-refractivity contribution is 0.0659. The summed E-state index contributed by atoms with van der Waals surface area (Å²) in [5.41, 5.74) is 1.53. The second-order valence-corrected chi connectivity index (χ2v) is 4.59. The van der Waals surface area contributed by atoms with E-state index in [0.717, 1.165) is 5.56 Å². The minimum Gasteiger partial charge on any atom is -0.475 e. The van der Waals surface area contributed by atoms with Crippen molar-refractivity contribution in [2.24, 2.45) is 0 Å². The van der Waals surface area contributed by atoms with E-state index in [9.17, 15) is 9.18 Å². The molecule has 2 aromatic rings. The largest absolute Gasteiger partial charge is 0.475 e. The minimum absolute atomic E-state index is 0.0214. The molecule has 0 saturated heterocycles. The number of aromatic carboxylic acids is 1. The van der Waals surface area contributed by atoms with Crippen molar-refractivity contribution in [3.05, 3.63) is 58.8 Å². The molecule has 20 heavy (non-hydrogen) atoms. The Morgan fingerprint density at radius 1 is 1.40 bits per heavy atom. The number of carbonyl (C=O) groups is 1. The van der Waals surface area contributed by atoms with Crippen molar-refractivity contribution in [2.45, 2.75) is 19.9 Å². The number of carboxylic acid groups (broad SMARTS) is 1. The zero-order chi connectivity index (χ0) is 14.5. The number of hydrogen-bond donors (Lipinski definition) is 2. The number of aryl methyl sites for hydroxylation is 1. The van der Waals surface area contributed by atoms with Crippen LogP contribution in [0, 0.1) is 12.7 Å². The first-order chi connectivity index (χ1) is 9.56. The van der Waals surface area contributed by atoms with Crippen LogP contribution < -0.4 is 5.32 Å². The Morgan fingerprint density at radius 3 is 2.85 bits per heavy atom. The summed E-state index contributed by atoms with van der Waals surface area (Å²) in [6.45, 7) is 2.80. The Hall–Kier alpha value is -2.14. The predicted octanol–water partition coefficient (Wildman–Crippen LogP) is 2.76. The van der Waals surface area contributed by atoms with Crippen molar-refractivity contribution < 1.29 is 18.7 Å². The molecule has 5 heteroatoms. The quantitative estimate of drug-likeness (QED) is 0.797. The van der Waals surface area contributed by atoms with Gasteiger partial charge in [-0.3, -0.25) is 0 Å². The number of carboxylic acids is 1. The molecule has 0 saturated carbocycles. The highest BCUT2D eigenvalue weighted by molar-refractivity contribution is 5.86. The Kier molecular flexibility index (Phi) is 4.53. The second-order valence-electron chi connectivity index (χ2n) is 4.59. The maximum atomic E-state index is 13.0. The van der Waals surface area contributed by atoms with Gasteiger partial charge in [0.05, 0.1) is 6.54 Å². The molecule has 106 valence electrons. The monoisotopic (exact) mass is 277 g/mol. The van der Waals surface area contributed by atoms with Crippen LogP contribution in [0.3, 0.4) is 0 Å². The summed E-state index contributed by atoms with van der Waals surface area (Å²) in [6, 6.07) is 8.17. The van der Waals surface area contributed by atoms with Gasteiger partial charge in [-0.1, -0.05) is 12.1 Å². The summed E-state index contributed by atoms with van der Waals surface area (Å²) in [6.07, 6.45) is 0.698. The molecule has 0 atom stereocenters. The van der Waals surface area contributed by atoms with E-state index >= 15 is 0 Å². The van der Waals surface area contributed by atoms with Gasteiger partial charge < -0.3 is 14.8 Å². The maximum absolute atomic E-state index is 13.0. The average molecular weight is 277 g/mol. The van der Waals surface area contributed by atoms with E-state index in [2.05, 4.69) is 5.32 Å². The molecular weight excluding hydrogens is 261 g/mol. The molecule has 0 amide bonds. The molecule has 4 nitrogen and oxygen atoms in total. The fraction of sp³-hybridized carbons (Fsp3) is 0.267. The molecule has 1 heterocycles. The van der Waals surface area contributed by atoms with Gasteiger partial charge in [0.15, 0.2) is 0 Å². The number of benzene rings is 1. The van der Waals surface area contributed by atoms with Crippen molar-refractivity contribution in [3.63, 3.8) is 0 Å². The van der Waals surface area contributed by atoms with E-state index in [4.69, 9.17) is 9.52 Å². The molecule has 0 aliphatic carbocycles. The van der Waals surface area contributed by atoms with Crippen LogP contribution in [-0.2, 0) is 13.0 Å². The third kappa shape index (κ3) is 3.68. The molecule has 2 rings (SSSR count). The normalized spacial score (nSPS) is 10.7. The van der Waals surface area contributed by atoms with Gasteiger partial charge in [-0.05, 0) is 43.7 Å². The van der Waals surface area contributed by atoms with Gasteiger partial charge in [-0.25, -0.2) is 9.18 Å². The summed E-state index contributed by atoms with van der Waals surface area (Å²) in [7, 11) is 0. The highest BCUT2D eigenvalue weighted by atomic mass is 19.1. The Labute approximate surface area is 116 Å². The lowest BCUT2D eigenvalue weighted by atomic mass is 10.1. The number of furan rings is 1. The van der Waals surface area contributed by atoms with Crippen molar-refractivity contribution in [1.29, 1.82) is 0 Å². The summed E-state index contributed by atoms with van der Waals surface area (Å²) >= 11 is 0. The van der Waals surface area contributed by atoms with Crippen LogP contribution >= 0.6 is 0 Å². The molecule has 0 spiro atoms. The predicted molar refractivity (Wildman–Crippen MR) is 72.2 cm³/mol. The van der Waals surface area contributed by atoms with E-state index in [1.54, 1.807) is 19.1 Å². The third-order valence-corrected chi connectivity index (χ3v) is 2.94. The lowest BCUT2D eigenvalue weighted by Gasteiger charge is -2.03. The van der Waals surface area contributed by atoms with E-state index in [1.807, 2.05) is 6.07 Å². The first-order valence-electron chi connectivity index (χ1n) is 6.34. The van der Waals surface area contributed by atoms with E-state index < -0.39 is 5.97 Å². The van der Waals surface area contributed by atoms with Gasteiger partial charge in [0.2, 0.25) is 5.76 Å². The topological polar surface area (TPSA) is 62.5 Å². The summed E-state index contributed by atoms with van der Waals surface area (Å²) in [4.78, 5) is 10.8. The van der Waals surface area contributed by atoms with Crippen LogP contribution in [0.25, 0.3) is 0 Å². The smallest absolute Gasteiger partial charge is 0.372 e. The van der Waals surface area contributed by atoms with Crippen LogP contribution in [0.15, 0.2) is 34.7 Å². The summed E-state index contributed by atoms with van der Waals surface area (Å²) < 4.78 is 18.2. The minimum atomic E-state index is -1.06. The van der Waals surface area contributed by atoms with Crippen LogP contribution in [-0.4, -0.2) is 17.6 Å². The Morgan fingerprint density at radius 2 is 2.20 bits per heavy atom. The van der Waals surface area contributed by atoms with Crippen molar-refractivity contribution >= 4 is 5.97 Å². The highest BCUT2D eigenvalue weighted by Crippen LogP contribution is 2.14. The lowest BCUT2D eigenvalue weighted by Crippen LogP contribution is -2.16. The van der Waals surface area contributed by atoms with Crippen LogP contribution in [0.5, 0.6) is 0 Å². The molecule has 0 bridgehead atoms. The zero-order valence-electron chi connectivity index (χ0n) is 11.1. The molecular formula is C15H16FNO3. The molecule has 2 N–H and O–H groups in total. The van der Waals surface area contributed by atoms with Gasteiger partial charge in [0.25, 0.3) is 0 Å². The Balaban J connectivity index is 1.81. The molecule has 0 unspecified atom stereocenters. The Bertz CT molecular complexity index is 607. The number of halogens is 1. The van der Waals surface area contributed by atoms with Crippen molar-refractivity contribution in [2.75, 3.05) is 6.54 Å². The SMILES string of the molecule is Cc1cc(CNCCc2cccc(F)c2)oc1C(=O)O. The second kappa shape index (κ2) is 6.34. The van der Waals surface area contributed by atoms with Crippen LogP contribution in [0.2, 0.25) is 0 Å². The summed E-state index contributed by atoms with van der Waals surface area (Å²) in [5, 5.41) is 12.0. The molecule has 0 radical (unpaired) electrons. The molecule has 0 fully saturated rings. The third-order valence-electron chi connectivity index (χ3n) is 2.94. The molecule has 0 aliphatic heterocycles. The first kappa shape index (κ1) is 14.3. The van der Waals surface area contributed by atoms with Crippen LogP contribution in [0.4, 0.5) is 4.39 Å². The van der Waals surface area contributed by atoms with Gasteiger partial charge in [-0.2, -0.15) is 0 Å².